The van der Waals surface area contributed by atoms with E-state index in [0.29, 0.717) is 0 Å². The third kappa shape index (κ3) is 2.10. The zero-order chi connectivity index (χ0) is 15.9. The highest BCUT2D eigenvalue weighted by Crippen LogP contribution is 2.26. The molecule has 0 saturated heterocycles. The lowest BCUT2D eigenvalue weighted by Gasteiger charge is -2.05. The van der Waals surface area contributed by atoms with Crippen molar-refractivity contribution in [1.29, 1.82) is 0 Å². The highest BCUT2D eigenvalue weighted by atomic mass is 32.1. The maximum Gasteiger partial charge on any atom is 0.155 e. The minimum Gasteiger partial charge on any atom is -0.296 e. The number of fused-ring (bicyclic) bond motifs is 2. The van der Waals surface area contributed by atoms with Crippen LogP contribution in [0.5, 0.6) is 0 Å². The molecule has 4 nitrogen and oxygen atoms in total. The lowest BCUT2D eigenvalue weighted by molar-refractivity contribution is 1.14. The molecule has 4 heterocycles. The van der Waals surface area contributed by atoms with Crippen molar-refractivity contribution in [3.63, 3.8) is 0 Å². The van der Waals surface area contributed by atoms with Crippen molar-refractivity contribution >= 4 is 27.9 Å². The van der Waals surface area contributed by atoms with Gasteiger partial charge in [-0.1, -0.05) is 12.1 Å². The van der Waals surface area contributed by atoms with Crippen molar-refractivity contribution in [3.8, 4) is 22.5 Å². The van der Waals surface area contributed by atoms with Crippen LogP contribution in [0.4, 0.5) is 0 Å². The van der Waals surface area contributed by atoms with E-state index < -0.39 is 0 Å². The van der Waals surface area contributed by atoms with Crippen molar-refractivity contribution in [2.75, 3.05) is 0 Å². The third-order valence-corrected chi connectivity index (χ3v) is 4.79. The second kappa shape index (κ2) is 5.25. The van der Waals surface area contributed by atoms with Gasteiger partial charge in [-0.25, -0.2) is 4.98 Å². The monoisotopic (exact) mass is 328 g/mol. The van der Waals surface area contributed by atoms with Gasteiger partial charge in [0.2, 0.25) is 0 Å². The van der Waals surface area contributed by atoms with E-state index in [-0.39, 0.29) is 0 Å². The summed E-state index contributed by atoms with van der Waals surface area (Å²) in [6.07, 6.45) is 7.58. The molecule has 0 aliphatic rings. The van der Waals surface area contributed by atoms with E-state index in [1.165, 1.54) is 0 Å². The van der Waals surface area contributed by atoms with Gasteiger partial charge in [0.15, 0.2) is 5.65 Å². The Labute approximate surface area is 142 Å². The number of pyridine rings is 1. The molecule has 0 saturated carbocycles. The number of nitrogens with zero attached hydrogens (tertiary/aromatic N) is 4. The molecular formula is C19H12N4S. The van der Waals surface area contributed by atoms with Gasteiger partial charge in [-0.2, -0.15) is 11.3 Å². The average molecular weight is 328 g/mol. The Morgan fingerprint density at radius 2 is 1.92 bits per heavy atom. The SMILES string of the molecule is c1cnc2ccc(-c3cnc4cnc(-c5ccsc5)cn34)cc2c1. The second-order valence-corrected chi connectivity index (χ2v) is 6.35. The number of aromatic nitrogens is 4. The van der Waals surface area contributed by atoms with Gasteiger partial charge >= 0.3 is 0 Å². The Morgan fingerprint density at radius 1 is 0.917 bits per heavy atom. The molecule has 0 atom stereocenters. The molecule has 114 valence electrons. The van der Waals surface area contributed by atoms with Gasteiger partial charge in [-0.3, -0.25) is 14.4 Å². The highest BCUT2D eigenvalue weighted by Gasteiger charge is 2.09. The minimum absolute atomic E-state index is 0.843. The lowest BCUT2D eigenvalue weighted by Crippen LogP contribution is -1.92. The summed E-state index contributed by atoms with van der Waals surface area (Å²) in [5.74, 6) is 0. The molecule has 0 aliphatic heterocycles. The van der Waals surface area contributed by atoms with E-state index in [4.69, 9.17) is 0 Å². The molecule has 4 aromatic heterocycles. The quantitative estimate of drug-likeness (QED) is 0.473. The minimum atomic E-state index is 0.843. The van der Waals surface area contributed by atoms with Crippen LogP contribution >= 0.6 is 11.3 Å². The fourth-order valence-electron chi connectivity index (χ4n) is 2.90. The fourth-order valence-corrected chi connectivity index (χ4v) is 3.55. The molecule has 1 aromatic carbocycles. The molecule has 0 N–H and O–H groups in total. The number of thiophene rings is 1. The van der Waals surface area contributed by atoms with Gasteiger partial charge < -0.3 is 0 Å². The maximum absolute atomic E-state index is 4.52. The first-order chi connectivity index (χ1) is 11.9. The summed E-state index contributed by atoms with van der Waals surface area (Å²) in [5, 5.41) is 5.29. The maximum atomic E-state index is 4.52. The average Bonchev–Trinajstić information content (AvgIpc) is 3.30. The highest BCUT2D eigenvalue weighted by molar-refractivity contribution is 7.08. The Bertz CT molecular complexity index is 1160. The van der Waals surface area contributed by atoms with Crippen LogP contribution in [0.25, 0.3) is 39.1 Å². The molecule has 24 heavy (non-hydrogen) atoms. The van der Waals surface area contributed by atoms with Gasteiger partial charge in [0.25, 0.3) is 0 Å². The molecular weight excluding hydrogens is 316 g/mol. The van der Waals surface area contributed by atoms with Crippen molar-refractivity contribution < 1.29 is 0 Å². The zero-order valence-corrected chi connectivity index (χ0v) is 13.4. The first kappa shape index (κ1) is 13.4. The molecule has 5 rings (SSSR count). The molecule has 0 amide bonds. The lowest BCUT2D eigenvalue weighted by atomic mass is 10.1. The summed E-state index contributed by atoms with van der Waals surface area (Å²) >= 11 is 1.67. The van der Waals surface area contributed by atoms with Crippen molar-refractivity contribution in [2.45, 2.75) is 0 Å². The standard InChI is InChI=1S/C19H12N4S/c1-2-13-8-14(3-4-16(13)20-6-1)18-9-22-19-10-21-17(11-23(18)19)15-5-7-24-12-15/h1-12H. The number of benzene rings is 1. The summed E-state index contributed by atoms with van der Waals surface area (Å²) in [5.41, 5.74) is 6.08. The van der Waals surface area contributed by atoms with Gasteiger partial charge in [0, 0.05) is 34.3 Å². The molecule has 5 heteroatoms. The summed E-state index contributed by atoms with van der Waals surface area (Å²) in [4.78, 5) is 13.4. The Hall–Kier alpha value is -3.05. The fraction of sp³-hybridized carbons (Fsp3) is 0. The Balaban J connectivity index is 1.71. The van der Waals surface area contributed by atoms with E-state index in [0.717, 1.165) is 39.1 Å². The third-order valence-electron chi connectivity index (χ3n) is 4.11. The van der Waals surface area contributed by atoms with Gasteiger partial charge in [0.05, 0.1) is 29.3 Å². The van der Waals surface area contributed by atoms with Crippen LogP contribution in [0.2, 0.25) is 0 Å². The first-order valence-corrected chi connectivity index (χ1v) is 8.54. The topological polar surface area (TPSA) is 43.1 Å². The van der Waals surface area contributed by atoms with E-state index in [2.05, 4.69) is 54.4 Å². The summed E-state index contributed by atoms with van der Waals surface area (Å²) in [6, 6.07) is 12.4. The first-order valence-electron chi connectivity index (χ1n) is 7.59. The normalized spacial score (nSPS) is 11.3. The van der Waals surface area contributed by atoms with Crippen molar-refractivity contribution in [1.82, 2.24) is 19.4 Å². The molecule has 5 aromatic rings. The molecule has 0 radical (unpaired) electrons. The van der Waals surface area contributed by atoms with Crippen molar-refractivity contribution in [3.05, 3.63) is 71.9 Å². The van der Waals surface area contributed by atoms with Crippen LogP contribution in [-0.4, -0.2) is 19.4 Å². The summed E-state index contributed by atoms with van der Waals surface area (Å²) < 4.78 is 2.09. The second-order valence-electron chi connectivity index (χ2n) is 5.57. The van der Waals surface area contributed by atoms with Crippen LogP contribution < -0.4 is 0 Å². The molecule has 0 fully saturated rings. The summed E-state index contributed by atoms with van der Waals surface area (Å²) in [6.45, 7) is 0. The molecule has 0 bridgehead atoms. The molecule has 0 spiro atoms. The Kier molecular flexibility index (Phi) is 2.93. The van der Waals surface area contributed by atoms with Crippen molar-refractivity contribution in [2.24, 2.45) is 0 Å². The van der Waals surface area contributed by atoms with Crippen LogP contribution in [0.1, 0.15) is 0 Å². The van der Waals surface area contributed by atoms with Gasteiger partial charge in [-0.15, -0.1) is 0 Å². The van der Waals surface area contributed by atoms with E-state index in [9.17, 15) is 0 Å². The number of rotatable bonds is 2. The van der Waals surface area contributed by atoms with E-state index in [1.54, 1.807) is 11.3 Å². The number of hydrogen-bond donors (Lipinski definition) is 0. The smallest absolute Gasteiger partial charge is 0.155 e. The van der Waals surface area contributed by atoms with Crippen LogP contribution in [-0.2, 0) is 0 Å². The van der Waals surface area contributed by atoms with Crippen LogP contribution in [0.15, 0.2) is 71.9 Å². The predicted octanol–water partition coefficient (Wildman–Crippen LogP) is 4.67. The van der Waals surface area contributed by atoms with Crippen LogP contribution in [0.3, 0.4) is 0 Å². The predicted molar refractivity (Wildman–Crippen MR) is 97.0 cm³/mol. The number of hydrogen-bond acceptors (Lipinski definition) is 4. The van der Waals surface area contributed by atoms with E-state index >= 15 is 0 Å². The number of imidazole rings is 1. The Morgan fingerprint density at radius 3 is 2.83 bits per heavy atom. The largest absolute Gasteiger partial charge is 0.296 e. The van der Waals surface area contributed by atoms with E-state index in [1.807, 2.05) is 36.9 Å². The molecule has 0 aliphatic carbocycles. The van der Waals surface area contributed by atoms with Gasteiger partial charge in [-0.05, 0) is 29.6 Å². The van der Waals surface area contributed by atoms with Crippen LogP contribution in [0, 0.1) is 0 Å². The zero-order valence-electron chi connectivity index (χ0n) is 12.6. The van der Waals surface area contributed by atoms with Gasteiger partial charge in [0.1, 0.15) is 0 Å². The molecule has 0 unspecified atom stereocenters. The summed E-state index contributed by atoms with van der Waals surface area (Å²) in [7, 11) is 0.